The van der Waals surface area contributed by atoms with E-state index in [-0.39, 0.29) is 17.8 Å². The van der Waals surface area contributed by atoms with Crippen LogP contribution >= 0.6 is 11.8 Å². The van der Waals surface area contributed by atoms with E-state index in [2.05, 4.69) is 4.99 Å². The molecule has 2 aliphatic heterocycles. The predicted molar refractivity (Wildman–Crippen MR) is 107 cm³/mol. The second kappa shape index (κ2) is 8.79. The van der Waals surface area contributed by atoms with Crippen LogP contribution in [0, 0.1) is 0 Å². The number of aliphatic imine (C=N–C) groups is 1. The van der Waals surface area contributed by atoms with Gasteiger partial charge in [-0.1, -0.05) is 23.9 Å². The Balaban J connectivity index is 2.00. The lowest BCUT2D eigenvalue weighted by molar-refractivity contribution is -0.141. The maximum Gasteiger partial charge on any atom is 0.338 e. The van der Waals surface area contributed by atoms with Gasteiger partial charge in [-0.05, 0) is 38.5 Å². The number of fused-ring (bicyclic) bond motifs is 1. The molecule has 2 heterocycles. The number of ether oxygens (including phenoxy) is 3. The molecule has 0 aromatic heterocycles. The number of amidine groups is 1. The van der Waals surface area contributed by atoms with Crippen molar-refractivity contribution >= 4 is 28.8 Å². The van der Waals surface area contributed by atoms with Crippen molar-refractivity contribution in [2.24, 2.45) is 4.99 Å². The largest absolute Gasteiger partial charge is 0.494 e. The van der Waals surface area contributed by atoms with Crippen molar-refractivity contribution in [3.05, 3.63) is 41.1 Å². The molecule has 3 rings (SSSR count). The fourth-order valence-corrected chi connectivity index (χ4v) is 4.22. The number of hydrogen-bond acceptors (Lipinski definition) is 7. The summed E-state index contributed by atoms with van der Waals surface area (Å²) in [7, 11) is 1.54. The van der Waals surface area contributed by atoms with Gasteiger partial charge in [-0.2, -0.15) is 0 Å². The van der Waals surface area contributed by atoms with Gasteiger partial charge in [-0.25, -0.2) is 9.79 Å². The first kappa shape index (κ1) is 20.4. The van der Waals surface area contributed by atoms with Gasteiger partial charge in [0.15, 0.2) is 5.17 Å². The highest BCUT2D eigenvalue weighted by molar-refractivity contribution is 8.15. The quantitative estimate of drug-likeness (QED) is 0.514. The first-order valence-electron chi connectivity index (χ1n) is 9.16. The molecule has 1 saturated heterocycles. The molecule has 0 spiro atoms. The predicted octanol–water partition coefficient (Wildman–Crippen LogP) is 2.92. The standard InChI is InChI=1S/C20H24N2O5S/c1-5-26-15-8-6-14(7-9-15)17-16(19(24)27-11-10-25-4)12(2)21-20-22(17)18(23)13(3)28-20/h6-9,13,17H,5,10-11H2,1-4H3/t13-,17+/m0/s1. The number of hydrogen-bond donors (Lipinski definition) is 0. The molecule has 8 heteroatoms. The molecule has 0 N–H and O–H groups in total. The molecule has 0 aliphatic carbocycles. The van der Waals surface area contributed by atoms with Crippen molar-refractivity contribution in [1.82, 2.24) is 4.90 Å². The van der Waals surface area contributed by atoms with Crippen molar-refractivity contribution < 1.29 is 23.8 Å². The summed E-state index contributed by atoms with van der Waals surface area (Å²) in [6.07, 6.45) is 0. The molecule has 28 heavy (non-hydrogen) atoms. The van der Waals surface area contributed by atoms with Gasteiger partial charge < -0.3 is 14.2 Å². The average Bonchev–Trinajstić information content (AvgIpc) is 2.95. The van der Waals surface area contributed by atoms with Crippen LogP contribution in [0.2, 0.25) is 0 Å². The summed E-state index contributed by atoms with van der Waals surface area (Å²) in [6.45, 7) is 6.53. The number of carbonyl (C=O) groups is 2. The van der Waals surface area contributed by atoms with Crippen molar-refractivity contribution in [2.75, 3.05) is 26.9 Å². The van der Waals surface area contributed by atoms with E-state index < -0.39 is 12.0 Å². The normalized spacial score (nSPS) is 21.5. The lowest BCUT2D eigenvalue weighted by Crippen LogP contribution is -2.40. The third-order valence-corrected chi connectivity index (χ3v) is 5.56. The van der Waals surface area contributed by atoms with E-state index in [1.165, 1.54) is 11.8 Å². The monoisotopic (exact) mass is 404 g/mol. The summed E-state index contributed by atoms with van der Waals surface area (Å²) in [5, 5.41) is 0.364. The Morgan fingerprint density at radius 2 is 1.96 bits per heavy atom. The number of allylic oxidation sites excluding steroid dienone is 1. The molecule has 1 aromatic carbocycles. The third kappa shape index (κ3) is 3.93. The van der Waals surface area contributed by atoms with Gasteiger partial charge in [0.1, 0.15) is 12.4 Å². The minimum Gasteiger partial charge on any atom is -0.494 e. The summed E-state index contributed by atoms with van der Waals surface area (Å²) in [5.74, 6) is 0.169. The van der Waals surface area contributed by atoms with Crippen molar-refractivity contribution in [3.8, 4) is 5.75 Å². The molecule has 0 bridgehead atoms. The van der Waals surface area contributed by atoms with Crippen LogP contribution in [0.4, 0.5) is 0 Å². The number of esters is 1. The summed E-state index contributed by atoms with van der Waals surface area (Å²) in [6, 6.07) is 6.84. The molecule has 1 fully saturated rings. The molecule has 7 nitrogen and oxygen atoms in total. The van der Waals surface area contributed by atoms with Crippen LogP contribution in [0.15, 0.2) is 40.5 Å². The molecular weight excluding hydrogens is 380 g/mol. The van der Waals surface area contributed by atoms with Crippen LogP contribution < -0.4 is 4.74 Å². The number of benzene rings is 1. The van der Waals surface area contributed by atoms with Crippen molar-refractivity contribution in [3.63, 3.8) is 0 Å². The van der Waals surface area contributed by atoms with E-state index in [1.807, 2.05) is 38.1 Å². The van der Waals surface area contributed by atoms with Gasteiger partial charge in [0, 0.05) is 7.11 Å². The Morgan fingerprint density at radius 1 is 1.25 bits per heavy atom. The Hall–Kier alpha value is -2.32. The third-order valence-electron chi connectivity index (χ3n) is 4.51. The van der Waals surface area contributed by atoms with Crippen molar-refractivity contribution in [2.45, 2.75) is 32.1 Å². The maximum absolute atomic E-state index is 12.8. The first-order chi connectivity index (χ1) is 13.5. The molecule has 1 aromatic rings. The van der Waals surface area contributed by atoms with E-state index in [0.29, 0.717) is 29.7 Å². The van der Waals surface area contributed by atoms with Gasteiger partial charge in [0.2, 0.25) is 5.91 Å². The molecule has 150 valence electrons. The van der Waals surface area contributed by atoms with Gasteiger partial charge in [-0.15, -0.1) is 0 Å². The average molecular weight is 404 g/mol. The fourth-order valence-electron chi connectivity index (χ4n) is 3.19. The molecule has 1 amide bonds. The van der Waals surface area contributed by atoms with Crippen LogP contribution in [0.1, 0.15) is 32.4 Å². The zero-order valence-electron chi connectivity index (χ0n) is 16.4. The van der Waals surface area contributed by atoms with Gasteiger partial charge in [0.05, 0.1) is 35.8 Å². The topological polar surface area (TPSA) is 77.4 Å². The summed E-state index contributed by atoms with van der Waals surface area (Å²) >= 11 is 1.40. The van der Waals surface area contributed by atoms with E-state index in [0.717, 1.165) is 11.3 Å². The number of thioether (sulfide) groups is 1. The van der Waals surface area contributed by atoms with Crippen molar-refractivity contribution in [1.29, 1.82) is 0 Å². The van der Waals surface area contributed by atoms with Crippen LogP contribution in [-0.2, 0) is 19.1 Å². The molecule has 2 atom stereocenters. The van der Waals surface area contributed by atoms with Crippen LogP contribution in [0.5, 0.6) is 5.75 Å². The second-order valence-electron chi connectivity index (χ2n) is 6.40. The highest BCUT2D eigenvalue weighted by atomic mass is 32.2. The minimum atomic E-state index is -0.580. The Bertz CT molecular complexity index is 818. The lowest BCUT2D eigenvalue weighted by Gasteiger charge is -2.33. The Kier molecular flexibility index (Phi) is 6.41. The number of rotatable bonds is 7. The molecule has 0 unspecified atom stereocenters. The van der Waals surface area contributed by atoms with E-state index >= 15 is 0 Å². The Morgan fingerprint density at radius 3 is 2.61 bits per heavy atom. The first-order valence-corrected chi connectivity index (χ1v) is 10.0. The second-order valence-corrected chi connectivity index (χ2v) is 7.70. The number of methoxy groups -OCH3 is 1. The van der Waals surface area contributed by atoms with E-state index in [4.69, 9.17) is 14.2 Å². The lowest BCUT2D eigenvalue weighted by atomic mass is 9.94. The number of nitrogens with zero attached hydrogens (tertiary/aromatic N) is 2. The molecule has 2 aliphatic rings. The van der Waals surface area contributed by atoms with E-state index in [9.17, 15) is 9.59 Å². The molecule has 0 saturated carbocycles. The summed E-state index contributed by atoms with van der Waals surface area (Å²) in [4.78, 5) is 31.8. The summed E-state index contributed by atoms with van der Waals surface area (Å²) < 4.78 is 15.8. The maximum atomic E-state index is 12.8. The van der Waals surface area contributed by atoms with Crippen LogP contribution in [0.3, 0.4) is 0 Å². The summed E-state index contributed by atoms with van der Waals surface area (Å²) in [5.41, 5.74) is 1.73. The zero-order valence-corrected chi connectivity index (χ0v) is 17.2. The molecule has 0 radical (unpaired) electrons. The minimum absolute atomic E-state index is 0.0719. The highest BCUT2D eigenvalue weighted by Gasteiger charge is 2.46. The highest BCUT2D eigenvalue weighted by Crippen LogP contribution is 2.43. The number of carbonyl (C=O) groups excluding carboxylic acids is 2. The van der Waals surface area contributed by atoms with Crippen LogP contribution in [-0.4, -0.2) is 54.1 Å². The van der Waals surface area contributed by atoms with E-state index in [1.54, 1.807) is 18.9 Å². The number of amides is 1. The van der Waals surface area contributed by atoms with Crippen LogP contribution in [0.25, 0.3) is 0 Å². The Labute approximate surface area is 168 Å². The SMILES string of the molecule is CCOc1ccc([C@@H]2C(C(=O)OCCOC)=C(C)N=C3S[C@@H](C)C(=O)N32)cc1. The molecular formula is C20H24N2O5S. The van der Waals surface area contributed by atoms with Gasteiger partial charge >= 0.3 is 5.97 Å². The van der Waals surface area contributed by atoms with Gasteiger partial charge in [0.25, 0.3) is 0 Å². The van der Waals surface area contributed by atoms with Gasteiger partial charge in [-0.3, -0.25) is 9.69 Å². The fraction of sp³-hybridized carbons (Fsp3) is 0.450. The smallest absolute Gasteiger partial charge is 0.338 e. The zero-order chi connectivity index (χ0) is 20.3.